The summed E-state index contributed by atoms with van der Waals surface area (Å²) >= 11 is 3.14. The van der Waals surface area contributed by atoms with Crippen LogP contribution in [0.25, 0.3) is 0 Å². The number of halogens is 2. The zero-order valence-corrected chi connectivity index (χ0v) is 12.2. The minimum absolute atomic E-state index is 0.0206. The molecule has 1 aromatic carbocycles. The van der Waals surface area contributed by atoms with Gasteiger partial charge in [-0.3, -0.25) is 9.59 Å². The monoisotopic (exact) mass is 344 g/mol. The summed E-state index contributed by atoms with van der Waals surface area (Å²) in [4.78, 5) is 24.4. The number of nitrogens with zero attached hydrogens (tertiary/aromatic N) is 1. The first-order chi connectivity index (χ1) is 9.47. The summed E-state index contributed by atoms with van der Waals surface area (Å²) < 4.78 is 19.3. The topological polar surface area (TPSA) is 72.6 Å². The fourth-order valence-electron chi connectivity index (χ4n) is 2.04. The Balaban J connectivity index is 1.88. The third-order valence-corrected chi connectivity index (χ3v) is 3.68. The van der Waals surface area contributed by atoms with Gasteiger partial charge in [-0.2, -0.15) is 0 Å². The van der Waals surface area contributed by atoms with Gasteiger partial charge in [0, 0.05) is 17.6 Å². The standard InChI is InChI=1S/C13H14BrFN2O3/c14-9-1-2-11(10(15)5-9)20-7-12(18)17-4-3-8(6-17)13(16)19/h1-2,5,8H,3-4,6-7H2,(H2,16,19). The Morgan fingerprint density at radius 2 is 2.25 bits per heavy atom. The van der Waals surface area contributed by atoms with Gasteiger partial charge in [0.05, 0.1) is 5.92 Å². The van der Waals surface area contributed by atoms with Crippen molar-refractivity contribution in [2.24, 2.45) is 11.7 Å². The van der Waals surface area contributed by atoms with Crippen molar-refractivity contribution < 1.29 is 18.7 Å². The highest BCUT2D eigenvalue weighted by atomic mass is 79.9. The molecule has 108 valence electrons. The second kappa shape index (κ2) is 6.21. The molecule has 7 heteroatoms. The molecular weight excluding hydrogens is 331 g/mol. The molecule has 0 radical (unpaired) electrons. The van der Waals surface area contributed by atoms with Gasteiger partial charge in [-0.25, -0.2) is 4.39 Å². The van der Waals surface area contributed by atoms with Crippen molar-refractivity contribution in [2.45, 2.75) is 6.42 Å². The summed E-state index contributed by atoms with van der Waals surface area (Å²) in [5.74, 6) is -1.50. The van der Waals surface area contributed by atoms with Crippen molar-refractivity contribution in [3.05, 3.63) is 28.5 Å². The van der Waals surface area contributed by atoms with Gasteiger partial charge in [-0.15, -0.1) is 0 Å². The molecule has 1 aliphatic heterocycles. The van der Waals surface area contributed by atoms with E-state index in [1.54, 1.807) is 6.07 Å². The number of carbonyl (C=O) groups excluding carboxylic acids is 2. The molecule has 1 saturated heterocycles. The number of likely N-dealkylation sites (tertiary alicyclic amines) is 1. The number of carbonyl (C=O) groups is 2. The molecule has 2 rings (SSSR count). The molecule has 1 aliphatic rings. The minimum atomic E-state index is -0.538. The number of hydrogen-bond donors (Lipinski definition) is 1. The van der Waals surface area contributed by atoms with Crippen molar-refractivity contribution in [3.63, 3.8) is 0 Å². The van der Waals surface area contributed by atoms with Crippen LogP contribution in [0.5, 0.6) is 5.75 Å². The number of amides is 2. The highest BCUT2D eigenvalue weighted by molar-refractivity contribution is 9.10. The van der Waals surface area contributed by atoms with Crippen LogP contribution < -0.4 is 10.5 Å². The molecule has 2 amide bonds. The lowest BCUT2D eigenvalue weighted by Crippen LogP contribution is -2.34. The third kappa shape index (κ3) is 3.47. The molecule has 0 saturated carbocycles. The summed E-state index contributed by atoms with van der Waals surface area (Å²) in [6.45, 7) is 0.517. The maximum atomic E-state index is 13.5. The highest BCUT2D eigenvalue weighted by Crippen LogP contribution is 2.22. The smallest absolute Gasteiger partial charge is 0.260 e. The Morgan fingerprint density at radius 3 is 2.85 bits per heavy atom. The second-order valence-electron chi connectivity index (χ2n) is 4.59. The largest absolute Gasteiger partial charge is 0.481 e. The van der Waals surface area contributed by atoms with Gasteiger partial charge in [0.2, 0.25) is 5.91 Å². The van der Waals surface area contributed by atoms with E-state index in [4.69, 9.17) is 10.5 Å². The molecule has 1 fully saturated rings. The molecule has 1 atom stereocenters. The van der Waals surface area contributed by atoms with Gasteiger partial charge in [-0.05, 0) is 24.6 Å². The first-order valence-electron chi connectivity index (χ1n) is 6.12. The van der Waals surface area contributed by atoms with Crippen LogP contribution in [0.2, 0.25) is 0 Å². The molecule has 1 heterocycles. The predicted molar refractivity (Wildman–Crippen MR) is 73.5 cm³/mol. The first-order valence-corrected chi connectivity index (χ1v) is 6.91. The molecule has 0 bridgehead atoms. The van der Waals surface area contributed by atoms with Gasteiger partial charge in [0.15, 0.2) is 18.2 Å². The molecule has 5 nitrogen and oxygen atoms in total. The van der Waals surface area contributed by atoms with Crippen LogP contribution in [-0.2, 0) is 9.59 Å². The van der Waals surface area contributed by atoms with E-state index in [0.29, 0.717) is 24.0 Å². The normalized spacial score (nSPS) is 18.1. The Morgan fingerprint density at radius 1 is 1.50 bits per heavy atom. The fourth-order valence-corrected chi connectivity index (χ4v) is 2.38. The van der Waals surface area contributed by atoms with Crippen molar-refractivity contribution in [1.82, 2.24) is 4.90 Å². The van der Waals surface area contributed by atoms with E-state index in [0.717, 1.165) is 0 Å². The van der Waals surface area contributed by atoms with E-state index in [9.17, 15) is 14.0 Å². The Bertz CT molecular complexity index is 538. The van der Waals surface area contributed by atoms with Gasteiger partial charge < -0.3 is 15.4 Å². The molecule has 0 spiro atoms. The Labute approximate surface area is 124 Å². The molecule has 1 unspecified atom stereocenters. The SMILES string of the molecule is NC(=O)C1CCN(C(=O)COc2ccc(Br)cc2F)C1. The lowest BCUT2D eigenvalue weighted by molar-refractivity contribution is -0.132. The number of rotatable bonds is 4. The third-order valence-electron chi connectivity index (χ3n) is 3.19. The molecule has 20 heavy (non-hydrogen) atoms. The van der Waals surface area contributed by atoms with Gasteiger partial charge in [-0.1, -0.05) is 15.9 Å². The van der Waals surface area contributed by atoms with E-state index in [1.807, 2.05) is 0 Å². The van der Waals surface area contributed by atoms with Crippen LogP contribution in [0, 0.1) is 11.7 Å². The number of benzene rings is 1. The Kier molecular flexibility index (Phi) is 4.59. The maximum absolute atomic E-state index is 13.5. The summed E-state index contributed by atoms with van der Waals surface area (Å²) in [6.07, 6.45) is 0.563. The molecule has 1 aromatic rings. The molecular formula is C13H14BrFN2O3. The van der Waals surface area contributed by atoms with E-state index >= 15 is 0 Å². The maximum Gasteiger partial charge on any atom is 0.260 e. The van der Waals surface area contributed by atoms with Gasteiger partial charge in [0.1, 0.15) is 0 Å². The fraction of sp³-hybridized carbons (Fsp3) is 0.385. The van der Waals surface area contributed by atoms with Crippen molar-refractivity contribution in [1.29, 1.82) is 0 Å². The molecule has 0 aliphatic carbocycles. The summed E-state index contributed by atoms with van der Waals surface area (Å²) in [7, 11) is 0. The van der Waals surface area contributed by atoms with Crippen molar-refractivity contribution in [2.75, 3.05) is 19.7 Å². The average molecular weight is 345 g/mol. The highest BCUT2D eigenvalue weighted by Gasteiger charge is 2.29. The number of hydrogen-bond acceptors (Lipinski definition) is 3. The van der Waals surface area contributed by atoms with Crippen LogP contribution >= 0.6 is 15.9 Å². The Hall–Kier alpha value is -1.63. The quantitative estimate of drug-likeness (QED) is 0.894. The lowest BCUT2D eigenvalue weighted by Gasteiger charge is -2.16. The molecule has 0 aromatic heterocycles. The predicted octanol–water partition coefficient (Wildman–Crippen LogP) is 1.30. The van der Waals surface area contributed by atoms with Crippen LogP contribution in [0.4, 0.5) is 4.39 Å². The summed E-state index contributed by atoms with van der Waals surface area (Å²) in [5, 5.41) is 0. The zero-order valence-electron chi connectivity index (χ0n) is 10.6. The minimum Gasteiger partial charge on any atom is -0.481 e. The zero-order chi connectivity index (χ0) is 14.7. The second-order valence-corrected chi connectivity index (χ2v) is 5.51. The van der Waals surface area contributed by atoms with E-state index in [1.165, 1.54) is 17.0 Å². The number of primary amides is 1. The van der Waals surface area contributed by atoms with Crippen molar-refractivity contribution in [3.8, 4) is 5.75 Å². The van der Waals surface area contributed by atoms with E-state index in [-0.39, 0.29) is 24.2 Å². The molecule has 2 N–H and O–H groups in total. The van der Waals surface area contributed by atoms with Crippen LogP contribution in [0.3, 0.4) is 0 Å². The van der Waals surface area contributed by atoms with Crippen LogP contribution in [-0.4, -0.2) is 36.4 Å². The van der Waals surface area contributed by atoms with E-state index in [2.05, 4.69) is 15.9 Å². The van der Waals surface area contributed by atoms with Crippen molar-refractivity contribution >= 4 is 27.7 Å². The van der Waals surface area contributed by atoms with Crippen LogP contribution in [0.1, 0.15) is 6.42 Å². The van der Waals surface area contributed by atoms with E-state index < -0.39 is 11.7 Å². The van der Waals surface area contributed by atoms with Gasteiger partial charge in [0.25, 0.3) is 5.91 Å². The van der Waals surface area contributed by atoms with Gasteiger partial charge >= 0.3 is 0 Å². The number of nitrogens with two attached hydrogens (primary N) is 1. The summed E-state index contributed by atoms with van der Waals surface area (Å²) in [6, 6.07) is 4.34. The summed E-state index contributed by atoms with van der Waals surface area (Å²) in [5.41, 5.74) is 5.20. The lowest BCUT2D eigenvalue weighted by atomic mass is 10.1. The first kappa shape index (κ1) is 14.8. The average Bonchev–Trinajstić information content (AvgIpc) is 2.87. The number of ether oxygens (including phenoxy) is 1. The van der Waals surface area contributed by atoms with Crippen LogP contribution in [0.15, 0.2) is 22.7 Å².